The number of aryl methyl sites for hydroxylation is 1. The van der Waals surface area contributed by atoms with Gasteiger partial charge in [0.05, 0.1) is 7.11 Å². The lowest BCUT2D eigenvalue weighted by atomic mass is 10.2. The van der Waals surface area contributed by atoms with Crippen LogP contribution in [0.2, 0.25) is 0 Å². The summed E-state index contributed by atoms with van der Waals surface area (Å²) < 4.78 is 5.17. The normalized spacial score (nSPS) is 9.79. The van der Waals surface area contributed by atoms with Gasteiger partial charge in [-0.2, -0.15) is 0 Å². The monoisotopic (exact) mass is 256 g/mol. The molecule has 0 atom stereocenters. The third kappa shape index (κ3) is 3.48. The Bertz CT molecular complexity index is 568. The van der Waals surface area contributed by atoms with Gasteiger partial charge in [-0.1, -0.05) is 18.2 Å². The highest BCUT2D eigenvalue weighted by molar-refractivity contribution is 5.99. The molecule has 0 saturated heterocycles. The Morgan fingerprint density at radius 3 is 2.32 bits per heavy atom. The topological polar surface area (TPSA) is 50.4 Å². The molecular formula is C15H16N2O2. The van der Waals surface area contributed by atoms with Gasteiger partial charge in [0.1, 0.15) is 5.75 Å². The van der Waals surface area contributed by atoms with Crippen molar-refractivity contribution in [3.05, 3.63) is 54.1 Å². The minimum atomic E-state index is -0.268. The summed E-state index contributed by atoms with van der Waals surface area (Å²) in [5, 5.41) is 5.53. The number of hydrogen-bond acceptors (Lipinski definition) is 2. The van der Waals surface area contributed by atoms with Gasteiger partial charge < -0.3 is 15.4 Å². The van der Waals surface area contributed by atoms with Crippen molar-refractivity contribution in [1.82, 2.24) is 0 Å². The standard InChI is InChI=1S/C15H16N2O2/c1-11-10-13(8-9-14(11)19-2)17-15(18)16-12-6-4-3-5-7-12/h3-10H,1-2H3,(H2,16,17,18). The van der Waals surface area contributed by atoms with Gasteiger partial charge in [-0.15, -0.1) is 0 Å². The molecule has 0 unspecified atom stereocenters. The van der Waals surface area contributed by atoms with Gasteiger partial charge in [0.25, 0.3) is 0 Å². The molecule has 0 bridgehead atoms. The lowest BCUT2D eigenvalue weighted by Gasteiger charge is -2.10. The number of anilines is 2. The summed E-state index contributed by atoms with van der Waals surface area (Å²) in [4.78, 5) is 11.8. The molecule has 19 heavy (non-hydrogen) atoms. The van der Waals surface area contributed by atoms with E-state index in [0.717, 1.165) is 22.7 Å². The molecule has 0 radical (unpaired) electrons. The SMILES string of the molecule is COc1ccc(NC(=O)Nc2ccccc2)cc1C. The molecule has 0 spiro atoms. The van der Waals surface area contributed by atoms with Crippen LogP contribution in [0.3, 0.4) is 0 Å². The molecule has 2 N–H and O–H groups in total. The van der Waals surface area contributed by atoms with Crippen molar-refractivity contribution in [2.45, 2.75) is 6.92 Å². The van der Waals surface area contributed by atoms with E-state index in [-0.39, 0.29) is 6.03 Å². The van der Waals surface area contributed by atoms with Gasteiger partial charge in [-0.25, -0.2) is 4.79 Å². The molecule has 4 heteroatoms. The summed E-state index contributed by atoms with van der Waals surface area (Å²) in [6, 6.07) is 14.5. The van der Waals surface area contributed by atoms with Crippen LogP contribution in [0, 0.1) is 6.92 Å². The maximum absolute atomic E-state index is 11.8. The molecule has 0 aliphatic heterocycles. The van der Waals surface area contributed by atoms with E-state index in [1.165, 1.54) is 0 Å². The van der Waals surface area contributed by atoms with Crippen LogP contribution in [0.25, 0.3) is 0 Å². The zero-order chi connectivity index (χ0) is 13.7. The summed E-state index contributed by atoms with van der Waals surface area (Å²) in [6.07, 6.45) is 0. The number of para-hydroxylation sites is 1. The molecule has 0 heterocycles. The first-order chi connectivity index (χ1) is 9.19. The highest BCUT2D eigenvalue weighted by Gasteiger charge is 2.04. The molecule has 0 aliphatic rings. The van der Waals surface area contributed by atoms with E-state index in [9.17, 15) is 4.79 Å². The van der Waals surface area contributed by atoms with Crippen molar-refractivity contribution in [3.63, 3.8) is 0 Å². The van der Waals surface area contributed by atoms with Crippen LogP contribution in [0.15, 0.2) is 48.5 Å². The van der Waals surface area contributed by atoms with Crippen LogP contribution in [-0.2, 0) is 0 Å². The van der Waals surface area contributed by atoms with Crippen LogP contribution in [-0.4, -0.2) is 13.1 Å². The van der Waals surface area contributed by atoms with Crippen LogP contribution in [0.4, 0.5) is 16.2 Å². The van der Waals surface area contributed by atoms with Crippen molar-refractivity contribution in [1.29, 1.82) is 0 Å². The highest BCUT2D eigenvalue weighted by Crippen LogP contribution is 2.21. The van der Waals surface area contributed by atoms with E-state index >= 15 is 0 Å². The van der Waals surface area contributed by atoms with Crippen LogP contribution < -0.4 is 15.4 Å². The smallest absolute Gasteiger partial charge is 0.323 e. The fourth-order valence-electron chi connectivity index (χ4n) is 1.77. The number of methoxy groups -OCH3 is 1. The first-order valence-electron chi connectivity index (χ1n) is 5.97. The first kappa shape index (κ1) is 13.0. The predicted octanol–water partition coefficient (Wildman–Crippen LogP) is 3.65. The predicted molar refractivity (Wildman–Crippen MR) is 76.8 cm³/mol. The molecule has 0 fully saturated rings. The molecule has 0 aromatic heterocycles. The van der Waals surface area contributed by atoms with Crippen molar-refractivity contribution in [2.24, 2.45) is 0 Å². The van der Waals surface area contributed by atoms with Gasteiger partial charge in [0, 0.05) is 11.4 Å². The third-order valence-electron chi connectivity index (χ3n) is 2.68. The molecular weight excluding hydrogens is 240 g/mol. The first-order valence-corrected chi connectivity index (χ1v) is 5.97. The zero-order valence-corrected chi connectivity index (χ0v) is 10.9. The van der Waals surface area contributed by atoms with Crippen LogP contribution >= 0.6 is 0 Å². The van der Waals surface area contributed by atoms with E-state index in [0.29, 0.717) is 0 Å². The van der Waals surface area contributed by atoms with Crippen LogP contribution in [0.1, 0.15) is 5.56 Å². The number of carbonyl (C=O) groups is 1. The highest BCUT2D eigenvalue weighted by atomic mass is 16.5. The van der Waals surface area contributed by atoms with Crippen molar-refractivity contribution < 1.29 is 9.53 Å². The average Bonchev–Trinajstić information content (AvgIpc) is 2.40. The molecule has 2 aromatic carbocycles. The molecule has 4 nitrogen and oxygen atoms in total. The van der Waals surface area contributed by atoms with E-state index in [2.05, 4.69) is 10.6 Å². The second kappa shape index (κ2) is 5.91. The summed E-state index contributed by atoms with van der Waals surface area (Å²) >= 11 is 0. The average molecular weight is 256 g/mol. The van der Waals surface area contributed by atoms with Crippen molar-refractivity contribution in [3.8, 4) is 5.75 Å². The fourth-order valence-corrected chi connectivity index (χ4v) is 1.77. The van der Waals surface area contributed by atoms with Gasteiger partial charge in [0.2, 0.25) is 0 Å². The Morgan fingerprint density at radius 2 is 1.68 bits per heavy atom. The zero-order valence-electron chi connectivity index (χ0n) is 10.9. The lowest BCUT2D eigenvalue weighted by Crippen LogP contribution is -2.19. The number of hydrogen-bond donors (Lipinski definition) is 2. The molecule has 2 aromatic rings. The molecule has 2 amide bonds. The second-order valence-electron chi connectivity index (χ2n) is 4.13. The van der Waals surface area contributed by atoms with Crippen molar-refractivity contribution in [2.75, 3.05) is 17.7 Å². The summed E-state index contributed by atoms with van der Waals surface area (Å²) in [7, 11) is 1.62. The molecule has 98 valence electrons. The quantitative estimate of drug-likeness (QED) is 0.880. The number of rotatable bonds is 3. The Morgan fingerprint density at radius 1 is 1.00 bits per heavy atom. The summed E-state index contributed by atoms with van der Waals surface area (Å²) in [5.74, 6) is 0.800. The minimum Gasteiger partial charge on any atom is -0.496 e. The Kier molecular flexibility index (Phi) is 4.03. The summed E-state index contributed by atoms with van der Waals surface area (Å²) in [5.41, 5.74) is 2.46. The Balaban J connectivity index is 2.01. The van der Waals surface area contributed by atoms with Gasteiger partial charge in [-0.05, 0) is 42.8 Å². The number of ether oxygens (including phenoxy) is 1. The number of carbonyl (C=O) groups excluding carboxylic acids is 1. The number of nitrogens with one attached hydrogen (secondary N) is 2. The van der Waals surface area contributed by atoms with Gasteiger partial charge in [0.15, 0.2) is 0 Å². The number of amides is 2. The lowest BCUT2D eigenvalue weighted by molar-refractivity contribution is 0.262. The second-order valence-corrected chi connectivity index (χ2v) is 4.13. The number of benzene rings is 2. The van der Waals surface area contributed by atoms with Gasteiger partial charge in [-0.3, -0.25) is 0 Å². The molecule has 0 aliphatic carbocycles. The van der Waals surface area contributed by atoms with Crippen molar-refractivity contribution >= 4 is 17.4 Å². The van der Waals surface area contributed by atoms with E-state index in [4.69, 9.17) is 4.74 Å². The Labute approximate surface area is 112 Å². The van der Waals surface area contributed by atoms with E-state index in [1.807, 2.05) is 49.4 Å². The maximum atomic E-state index is 11.8. The minimum absolute atomic E-state index is 0.268. The maximum Gasteiger partial charge on any atom is 0.323 e. The van der Waals surface area contributed by atoms with Crippen LogP contribution in [0.5, 0.6) is 5.75 Å². The van der Waals surface area contributed by atoms with Gasteiger partial charge >= 0.3 is 6.03 Å². The molecule has 2 rings (SSSR count). The largest absolute Gasteiger partial charge is 0.496 e. The summed E-state index contributed by atoms with van der Waals surface area (Å²) in [6.45, 7) is 1.93. The fraction of sp³-hybridized carbons (Fsp3) is 0.133. The molecule has 0 saturated carbocycles. The Hall–Kier alpha value is -2.49. The number of urea groups is 1. The third-order valence-corrected chi connectivity index (χ3v) is 2.68. The van der Waals surface area contributed by atoms with E-state index < -0.39 is 0 Å². The van der Waals surface area contributed by atoms with E-state index in [1.54, 1.807) is 13.2 Å².